The normalized spacial score (nSPS) is 12.2. The van der Waals surface area contributed by atoms with E-state index in [1.807, 2.05) is 23.5 Å². The van der Waals surface area contributed by atoms with Crippen LogP contribution in [-0.4, -0.2) is 9.13 Å². The Morgan fingerprint density at radius 3 is 1.85 bits per heavy atom. The van der Waals surface area contributed by atoms with Gasteiger partial charge < -0.3 is 13.6 Å². The lowest BCUT2D eigenvalue weighted by molar-refractivity contribution is 0.669. The molecule has 0 radical (unpaired) electrons. The standard InChI is InChI=1S/C48H28N2OS/c1-2-10-31(11-3-1)50-40-15-7-4-12-33(40)35-21-22-42-47(48(35)50)36-14-5-8-16-41(36)49(42)32-20-25-46-39(28-32)38-27-30(19-24-45(38)52-46)29-18-23-44-37(26-29)34-13-6-9-17-43(34)51-44/h1-28H. The topological polar surface area (TPSA) is 23.0 Å². The molecule has 3 nitrogen and oxygen atoms in total. The first-order chi connectivity index (χ1) is 25.8. The molecular weight excluding hydrogens is 653 g/mol. The third kappa shape index (κ3) is 3.84. The molecule has 0 bridgehead atoms. The average Bonchev–Trinajstić information content (AvgIpc) is 3.95. The van der Waals surface area contributed by atoms with Gasteiger partial charge in [0.2, 0.25) is 0 Å². The van der Waals surface area contributed by atoms with Crippen LogP contribution in [0.25, 0.3) is 108 Å². The molecule has 0 saturated heterocycles. The molecule has 0 aliphatic carbocycles. The second-order valence-electron chi connectivity index (χ2n) is 13.7. The van der Waals surface area contributed by atoms with E-state index in [-0.39, 0.29) is 0 Å². The van der Waals surface area contributed by atoms with Crippen molar-refractivity contribution in [2.24, 2.45) is 0 Å². The van der Waals surface area contributed by atoms with Gasteiger partial charge in [-0.2, -0.15) is 0 Å². The number of hydrogen-bond donors (Lipinski definition) is 0. The predicted molar refractivity (Wildman–Crippen MR) is 221 cm³/mol. The molecule has 52 heavy (non-hydrogen) atoms. The zero-order chi connectivity index (χ0) is 33.9. The highest BCUT2D eigenvalue weighted by molar-refractivity contribution is 7.25. The molecular formula is C48H28N2OS. The maximum absolute atomic E-state index is 6.13. The van der Waals surface area contributed by atoms with E-state index in [1.54, 1.807) is 0 Å². The van der Waals surface area contributed by atoms with Crippen LogP contribution in [0.5, 0.6) is 0 Å². The van der Waals surface area contributed by atoms with E-state index in [9.17, 15) is 0 Å². The molecule has 0 aliphatic heterocycles. The average molecular weight is 681 g/mol. The third-order valence-corrected chi connectivity index (χ3v) is 12.1. The van der Waals surface area contributed by atoms with Gasteiger partial charge in [0.15, 0.2) is 0 Å². The quantitative estimate of drug-likeness (QED) is 0.182. The van der Waals surface area contributed by atoms with Crippen molar-refractivity contribution in [1.82, 2.24) is 9.13 Å². The van der Waals surface area contributed by atoms with Crippen molar-refractivity contribution >= 4 is 97.1 Å². The summed E-state index contributed by atoms with van der Waals surface area (Å²) < 4.78 is 13.6. The van der Waals surface area contributed by atoms with Crippen molar-refractivity contribution in [3.63, 3.8) is 0 Å². The van der Waals surface area contributed by atoms with Gasteiger partial charge in [0.1, 0.15) is 11.2 Å². The Labute approximate surface area is 301 Å². The highest BCUT2D eigenvalue weighted by atomic mass is 32.1. The van der Waals surface area contributed by atoms with Crippen LogP contribution in [0.1, 0.15) is 0 Å². The number of fused-ring (bicyclic) bond motifs is 13. The highest BCUT2D eigenvalue weighted by Crippen LogP contribution is 2.44. The Kier molecular flexibility index (Phi) is 5.65. The number of thiophene rings is 1. The van der Waals surface area contributed by atoms with Gasteiger partial charge in [-0.05, 0) is 90.0 Å². The first-order valence-electron chi connectivity index (χ1n) is 17.7. The molecule has 0 spiro atoms. The van der Waals surface area contributed by atoms with Crippen molar-refractivity contribution in [2.75, 3.05) is 0 Å². The molecule has 0 N–H and O–H groups in total. The maximum Gasteiger partial charge on any atom is 0.135 e. The zero-order valence-electron chi connectivity index (χ0n) is 27.9. The molecule has 12 rings (SSSR count). The Bertz CT molecular complexity index is 3410. The fourth-order valence-electron chi connectivity index (χ4n) is 8.62. The van der Waals surface area contributed by atoms with E-state index in [2.05, 4.69) is 167 Å². The van der Waals surface area contributed by atoms with E-state index < -0.39 is 0 Å². The summed E-state index contributed by atoms with van der Waals surface area (Å²) in [6, 6.07) is 61.8. The monoisotopic (exact) mass is 680 g/mol. The number of para-hydroxylation sites is 4. The van der Waals surface area contributed by atoms with Crippen LogP contribution >= 0.6 is 11.3 Å². The summed E-state index contributed by atoms with van der Waals surface area (Å²) in [5, 5.41) is 9.92. The number of benzene rings is 8. The van der Waals surface area contributed by atoms with Gasteiger partial charge in [0.05, 0.1) is 22.1 Å². The molecule has 0 saturated carbocycles. The van der Waals surface area contributed by atoms with Crippen LogP contribution in [-0.2, 0) is 0 Å². The van der Waals surface area contributed by atoms with Crippen LogP contribution < -0.4 is 0 Å². The number of nitrogens with zero attached hydrogens (tertiary/aromatic N) is 2. The summed E-state index contributed by atoms with van der Waals surface area (Å²) in [5.74, 6) is 0. The highest BCUT2D eigenvalue weighted by Gasteiger charge is 2.21. The lowest BCUT2D eigenvalue weighted by atomic mass is 10.0. The maximum atomic E-state index is 6.13. The van der Waals surface area contributed by atoms with Crippen LogP contribution in [0, 0.1) is 0 Å². The molecule has 242 valence electrons. The molecule has 0 fully saturated rings. The Hall–Kier alpha value is -6.62. The molecule has 4 heterocycles. The number of rotatable bonds is 3. The second kappa shape index (κ2) is 10.5. The largest absolute Gasteiger partial charge is 0.456 e. The van der Waals surface area contributed by atoms with E-state index in [4.69, 9.17) is 4.42 Å². The Balaban J connectivity index is 1.10. The smallest absolute Gasteiger partial charge is 0.135 e. The van der Waals surface area contributed by atoms with Gasteiger partial charge >= 0.3 is 0 Å². The van der Waals surface area contributed by atoms with E-state index in [1.165, 1.54) is 80.6 Å². The van der Waals surface area contributed by atoms with E-state index in [0.29, 0.717) is 0 Å². The summed E-state index contributed by atoms with van der Waals surface area (Å²) in [4.78, 5) is 0. The van der Waals surface area contributed by atoms with Gasteiger partial charge in [0, 0.05) is 63.9 Å². The summed E-state index contributed by atoms with van der Waals surface area (Å²) in [6.07, 6.45) is 0. The van der Waals surface area contributed by atoms with Gasteiger partial charge in [-0.25, -0.2) is 0 Å². The zero-order valence-corrected chi connectivity index (χ0v) is 28.7. The first kappa shape index (κ1) is 28.1. The predicted octanol–water partition coefficient (Wildman–Crippen LogP) is 13.8. The minimum Gasteiger partial charge on any atom is -0.456 e. The molecule has 4 heteroatoms. The van der Waals surface area contributed by atoms with Crippen molar-refractivity contribution in [1.29, 1.82) is 0 Å². The Morgan fingerprint density at radius 2 is 1.00 bits per heavy atom. The van der Waals surface area contributed by atoms with Crippen molar-refractivity contribution in [3.05, 3.63) is 170 Å². The first-order valence-corrected chi connectivity index (χ1v) is 18.5. The van der Waals surface area contributed by atoms with Crippen LogP contribution in [0.15, 0.2) is 174 Å². The fourth-order valence-corrected chi connectivity index (χ4v) is 9.69. The number of aromatic nitrogens is 2. The second-order valence-corrected chi connectivity index (χ2v) is 14.8. The lowest BCUT2D eigenvalue weighted by Crippen LogP contribution is -1.95. The van der Waals surface area contributed by atoms with Crippen LogP contribution in [0.2, 0.25) is 0 Å². The van der Waals surface area contributed by atoms with Crippen LogP contribution in [0.4, 0.5) is 0 Å². The molecule has 12 aromatic rings. The fraction of sp³-hybridized carbons (Fsp3) is 0. The number of furan rings is 1. The van der Waals surface area contributed by atoms with Gasteiger partial charge in [0.25, 0.3) is 0 Å². The lowest BCUT2D eigenvalue weighted by Gasteiger charge is -2.10. The summed E-state index contributed by atoms with van der Waals surface area (Å²) in [6.45, 7) is 0. The SMILES string of the molecule is c1ccc(-n2c3ccccc3c3ccc4c(c5ccccc5n4-c4ccc5sc6ccc(-c7ccc8oc9ccccc9c8c7)cc6c5c4)c32)cc1. The van der Waals surface area contributed by atoms with E-state index >= 15 is 0 Å². The number of hydrogen-bond acceptors (Lipinski definition) is 2. The minimum absolute atomic E-state index is 0.921. The molecule has 0 aliphatic rings. The molecule has 4 aromatic heterocycles. The van der Waals surface area contributed by atoms with Gasteiger partial charge in [-0.1, -0.05) is 91.0 Å². The summed E-state index contributed by atoms with van der Waals surface area (Å²) in [7, 11) is 0. The molecule has 0 amide bonds. The molecule has 0 atom stereocenters. The molecule has 0 unspecified atom stereocenters. The van der Waals surface area contributed by atoms with Crippen molar-refractivity contribution in [2.45, 2.75) is 0 Å². The summed E-state index contributed by atoms with van der Waals surface area (Å²) >= 11 is 1.86. The van der Waals surface area contributed by atoms with Crippen molar-refractivity contribution < 1.29 is 4.42 Å². The minimum atomic E-state index is 0.921. The summed E-state index contributed by atoms with van der Waals surface area (Å²) in [5.41, 5.74) is 11.4. The van der Waals surface area contributed by atoms with Gasteiger partial charge in [-0.15, -0.1) is 11.3 Å². The van der Waals surface area contributed by atoms with Crippen molar-refractivity contribution in [3.8, 4) is 22.5 Å². The third-order valence-electron chi connectivity index (χ3n) is 10.9. The Morgan fingerprint density at radius 1 is 0.365 bits per heavy atom. The van der Waals surface area contributed by atoms with E-state index in [0.717, 1.165) is 27.6 Å². The molecule has 8 aromatic carbocycles. The van der Waals surface area contributed by atoms with Gasteiger partial charge in [-0.3, -0.25) is 0 Å². The van der Waals surface area contributed by atoms with Crippen LogP contribution in [0.3, 0.4) is 0 Å².